The average Bonchev–Trinajstić information content (AvgIpc) is 2.63. The van der Waals surface area contributed by atoms with Crippen LogP contribution in [0.1, 0.15) is 13.8 Å². The van der Waals surface area contributed by atoms with Crippen LogP contribution in [0.3, 0.4) is 0 Å². The molecule has 0 aliphatic carbocycles. The Balaban J connectivity index is 2.60. The number of amides is 1. The first-order valence-corrected chi connectivity index (χ1v) is 8.41. The third kappa shape index (κ3) is 4.51. The van der Waals surface area contributed by atoms with Crippen LogP contribution in [-0.2, 0) is 4.79 Å². The minimum absolute atomic E-state index is 0.289. The summed E-state index contributed by atoms with van der Waals surface area (Å²) in [6, 6.07) is 0.316. The second-order valence-corrected chi connectivity index (χ2v) is 5.73. The molecular weight excluding hydrogens is 320 g/mol. The van der Waals surface area contributed by atoms with Crippen molar-refractivity contribution in [2.45, 2.75) is 13.8 Å². The van der Waals surface area contributed by atoms with Crippen LogP contribution < -0.4 is 24.8 Å². The summed E-state index contributed by atoms with van der Waals surface area (Å²) in [7, 11) is 3.77. The normalized spacial score (nSPS) is 13.7. The number of hydrogen-bond donors (Lipinski definition) is 1. The van der Waals surface area contributed by atoms with Crippen molar-refractivity contribution < 1.29 is 9.53 Å². The van der Waals surface area contributed by atoms with Crippen molar-refractivity contribution >= 4 is 23.7 Å². The Hall–Kier alpha value is -2.53. The maximum atomic E-state index is 11.8. The van der Waals surface area contributed by atoms with E-state index in [-0.39, 0.29) is 6.54 Å². The van der Waals surface area contributed by atoms with Crippen LogP contribution in [0.5, 0.6) is 6.01 Å². The van der Waals surface area contributed by atoms with E-state index in [4.69, 9.17) is 4.74 Å². The molecule has 1 aromatic rings. The Morgan fingerprint density at radius 2 is 2.04 bits per heavy atom. The molecule has 0 spiro atoms. The van der Waals surface area contributed by atoms with Crippen molar-refractivity contribution in [2.75, 3.05) is 68.1 Å². The van der Waals surface area contributed by atoms with E-state index in [1.807, 2.05) is 25.9 Å². The van der Waals surface area contributed by atoms with Crippen molar-refractivity contribution in [1.82, 2.24) is 15.3 Å². The highest BCUT2D eigenvalue weighted by Gasteiger charge is 2.26. The number of aromatic nitrogens is 2. The van der Waals surface area contributed by atoms with Crippen LogP contribution in [0.15, 0.2) is 0 Å². The van der Waals surface area contributed by atoms with Crippen molar-refractivity contribution in [3.8, 4) is 17.9 Å². The van der Waals surface area contributed by atoms with E-state index in [1.54, 1.807) is 11.8 Å². The lowest BCUT2D eigenvalue weighted by Crippen LogP contribution is -2.44. The van der Waals surface area contributed by atoms with E-state index in [0.29, 0.717) is 29.9 Å². The molecule has 1 N–H and O–H groups in total. The zero-order valence-electron chi connectivity index (χ0n) is 15.4. The molecule has 2 rings (SSSR count). The average molecular weight is 346 g/mol. The fourth-order valence-corrected chi connectivity index (χ4v) is 2.60. The Kier molecular flexibility index (Phi) is 6.83. The number of carbonyl (C=O) groups is 1. The Bertz CT molecular complexity index is 647. The first-order valence-electron chi connectivity index (χ1n) is 8.41. The van der Waals surface area contributed by atoms with Gasteiger partial charge in [0.2, 0.25) is 6.41 Å². The molecule has 0 saturated carbocycles. The summed E-state index contributed by atoms with van der Waals surface area (Å²) in [5, 5.41) is 3.33. The van der Waals surface area contributed by atoms with Gasteiger partial charge in [0.05, 0.1) is 13.2 Å². The van der Waals surface area contributed by atoms with Crippen molar-refractivity contribution in [2.24, 2.45) is 0 Å². The molecule has 2 heterocycles. The number of hydrogen-bond acceptors (Lipinski definition) is 7. The molecule has 0 unspecified atom stereocenters. The summed E-state index contributed by atoms with van der Waals surface area (Å²) < 4.78 is 5.55. The Morgan fingerprint density at radius 3 is 2.60 bits per heavy atom. The summed E-state index contributed by atoms with van der Waals surface area (Å²) in [5.41, 5.74) is 0.660. The fraction of sp³-hybridized carbons (Fsp3) is 0.588. The largest absolute Gasteiger partial charge is 0.464 e. The molecule has 1 aromatic heterocycles. The van der Waals surface area contributed by atoms with Gasteiger partial charge in [-0.25, -0.2) is 0 Å². The topological polar surface area (TPSA) is 73.8 Å². The highest BCUT2D eigenvalue weighted by Crippen LogP contribution is 2.36. The summed E-state index contributed by atoms with van der Waals surface area (Å²) >= 11 is 0. The molecular formula is C17H26N6O2. The lowest BCUT2D eigenvalue weighted by Gasteiger charge is -2.33. The zero-order valence-corrected chi connectivity index (χ0v) is 15.4. The molecule has 1 saturated heterocycles. The summed E-state index contributed by atoms with van der Waals surface area (Å²) in [5.74, 6) is 7.11. The lowest BCUT2D eigenvalue weighted by molar-refractivity contribution is -0.107. The Labute approximate surface area is 149 Å². The number of rotatable bonds is 7. The number of nitrogens with zero attached hydrogens (tertiary/aromatic N) is 5. The molecule has 136 valence electrons. The molecule has 0 bridgehead atoms. The van der Waals surface area contributed by atoms with Crippen LogP contribution in [0, 0.1) is 11.8 Å². The molecule has 25 heavy (non-hydrogen) atoms. The predicted octanol–water partition coefficient (Wildman–Crippen LogP) is 0.337. The van der Waals surface area contributed by atoms with E-state index >= 15 is 0 Å². The highest BCUT2D eigenvalue weighted by atomic mass is 16.5. The number of anilines is 3. The second-order valence-electron chi connectivity index (χ2n) is 5.73. The van der Waals surface area contributed by atoms with E-state index in [1.165, 1.54) is 0 Å². The standard InChI is InChI=1S/C17H26N6O2/c1-5-7-10-23(13-24)14-15(21(3)4)19-17(25-6-2)20-16(14)22-11-8-18-9-12-22/h13,18H,6,8-12H2,1-4H3. The maximum Gasteiger partial charge on any atom is 0.320 e. The molecule has 0 aromatic carbocycles. The quantitative estimate of drug-likeness (QED) is 0.564. The van der Waals surface area contributed by atoms with E-state index < -0.39 is 0 Å². The molecule has 1 amide bonds. The van der Waals surface area contributed by atoms with Crippen LogP contribution in [0.4, 0.5) is 17.3 Å². The monoisotopic (exact) mass is 346 g/mol. The minimum atomic E-state index is 0.289. The molecule has 1 aliphatic rings. The van der Waals surface area contributed by atoms with Gasteiger partial charge >= 0.3 is 6.01 Å². The van der Waals surface area contributed by atoms with E-state index in [0.717, 1.165) is 32.6 Å². The summed E-state index contributed by atoms with van der Waals surface area (Å²) in [6.07, 6.45) is 0.780. The molecule has 1 aliphatic heterocycles. The third-order valence-corrected chi connectivity index (χ3v) is 3.78. The van der Waals surface area contributed by atoms with Gasteiger partial charge in [0.25, 0.3) is 0 Å². The van der Waals surface area contributed by atoms with Crippen molar-refractivity contribution in [1.29, 1.82) is 0 Å². The van der Waals surface area contributed by atoms with Gasteiger partial charge in [-0.05, 0) is 13.8 Å². The highest BCUT2D eigenvalue weighted by molar-refractivity contribution is 5.90. The van der Waals surface area contributed by atoms with Gasteiger partial charge < -0.3 is 19.9 Å². The number of piperazine rings is 1. The summed E-state index contributed by atoms with van der Waals surface area (Å²) in [4.78, 5) is 26.4. The predicted molar refractivity (Wildman–Crippen MR) is 99.5 cm³/mol. The first-order chi connectivity index (χ1) is 12.1. The molecule has 0 atom stereocenters. The zero-order chi connectivity index (χ0) is 18.2. The molecule has 8 nitrogen and oxygen atoms in total. The smallest absolute Gasteiger partial charge is 0.320 e. The van der Waals surface area contributed by atoms with Gasteiger partial charge in [-0.1, -0.05) is 5.92 Å². The maximum absolute atomic E-state index is 11.8. The Morgan fingerprint density at radius 1 is 1.32 bits per heavy atom. The van der Waals surface area contributed by atoms with Crippen molar-refractivity contribution in [3.05, 3.63) is 0 Å². The van der Waals surface area contributed by atoms with Gasteiger partial charge in [-0.15, -0.1) is 5.92 Å². The lowest BCUT2D eigenvalue weighted by atomic mass is 10.3. The van der Waals surface area contributed by atoms with E-state index in [2.05, 4.69) is 32.0 Å². The first kappa shape index (κ1) is 18.8. The van der Waals surface area contributed by atoms with E-state index in [9.17, 15) is 4.79 Å². The molecule has 0 radical (unpaired) electrons. The number of carbonyl (C=O) groups excluding carboxylic acids is 1. The van der Waals surface area contributed by atoms with Crippen LogP contribution in [0.25, 0.3) is 0 Å². The van der Waals surface area contributed by atoms with Gasteiger partial charge in [0.15, 0.2) is 11.6 Å². The fourth-order valence-electron chi connectivity index (χ4n) is 2.60. The minimum Gasteiger partial charge on any atom is -0.464 e. The number of nitrogens with one attached hydrogen (secondary N) is 1. The second kappa shape index (κ2) is 9.08. The van der Waals surface area contributed by atoms with Gasteiger partial charge in [-0.3, -0.25) is 9.69 Å². The van der Waals surface area contributed by atoms with Gasteiger partial charge in [-0.2, -0.15) is 9.97 Å². The number of ether oxygens (including phenoxy) is 1. The van der Waals surface area contributed by atoms with Gasteiger partial charge in [0.1, 0.15) is 5.69 Å². The van der Waals surface area contributed by atoms with Crippen molar-refractivity contribution in [3.63, 3.8) is 0 Å². The third-order valence-electron chi connectivity index (χ3n) is 3.78. The summed E-state index contributed by atoms with van der Waals surface area (Å²) in [6.45, 7) is 7.74. The molecule has 1 fully saturated rings. The van der Waals surface area contributed by atoms with Gasteiger partial charge in [0, 0.05) is 40.3 Å². The van der Waals surface area contributed by atoms with Crippen LogP contribution in [-0.4, -0.2) is 69.8 Å². The van der Waals surface area contributed by atoms with Crippen LogP contribution in [0.2, 0.25) is 0 Å². The van der Waals surface area contributed by atoms with Crippen LogP contribution >= 0.6 is 0 Å². The SMILES string of the molecule is CC#CCN(C=O)c1c(N(C)C)nc(OCC)nc1N1CCNCC1. The molecule has 8 heteroatoms.